The standard InChI is InChI=1S/C27H26O9/c1-5-12-8-15-19(17(9-12)33-3)14-10-18(34-4)21-16(28)7-6-13(20(21)25(14)36-27(15)32)26-24(31)23(30)22(29)11(2)35-26/h5-11,22-24,26,28-31H,1H2,2-4H3/t11-,22+,23+,24-,26?/m1/s1. The van der Waals surface area contributed by atoms with Crippen LogP contribution in [0.5, 0.6) is 17.2 Å². The van der Waals surface area contributed by atoms with E-state index in [0.717, 1.165) is 0 Å². The van der Waals surface area contributed by atoms with Crippen LogP contribution in [-0.4, -0.2) is 59.1 Å². The van der Waals surface area contributed by atoms with Gasteiger partial charge in [0.05, 0.1) is 31.1 Å². The van der Waals surface area contributed by atoms with Crippen LogP contribution in [0.15, 0.2) is 46.1 Å². The Balaban J connectivity index is 1.97. The summed E-state index contributed by atoms with van der Waals surface area (Å²) in [6, 6.07) is 7.94. The molecule has 9 nitrogen and oxygen atoms in total. The predicted octanol–water partition coefficient (Wildman–Crippen LogP) is 3.01. The average Bonchev–Trinajstić information content (AvgIpc) is 2.89. The molecule has 1 saturated heterocycles. The van der Waals surface area contributed by atoms with Gasteiger partial charge in [-0.15, -0.1) is 0 Å². The first kappa shape index (κ1) is 24.1. The van der Waals surface area contributed by atoms with E-state index in [1.807, 2.05) is 0 Å². The molecular formula is C27H26O9. The van der Waals surface area contributed by atoms with Gasteiger partial charge in [0.25, 0.3) is 0 Å². The summed E-state index contributed by atoms with van der Waals surface area (Å²) < 4.78 is 22.9. The zero-order valence-corrected chi connectivity index (χ0v) is 19.9. The number of benzene rings is 3. The molecule has 9 heteroatoms. The van der Waals surface area contributed by atoms with Crippen LogP contribution in [0, 0.1) is 0 Å². The maximum absolute atomic E-state index is 13.2. The Bertz CT molecular complexity index is 1570. The Labute approximate surface area is 205 Å². The number of fused-ring (bicyclic) bond motifs is 5. The summed E-state index contributed by atoms with van der Waals surface area (Å²) in [5.74, 6) is 0.536. The highest BCUT2D eigenvalue weighted by Crippen LogP contribution is 2.47. The molecule has 0 aliphatic carbocycles. The van der Waals surface area contributed by atoms with Crippen LogP contribution in [0.4, 0.5) is 0 Å². The Morgan fingerprint density at radius 2 is 1.61 bits per heavy atom. The van der Waals surface area contributed by atoms with Crippen molar-refractivity contribution in [3.05, 3.63) is 58.5 Å². The van der Waals surface area contributed by atoms with Gasteiger partial charge in [-0.25, -0.2) is 4.79 Å². The molecule has 0 amide bonds. The van der Waals surface area contributed by atoms with Crippen LogP contribution in [-0.2, 0) is 4.74 Å². The summed E-state index contributed by atoms with van der Waals surface area (Å²) >= 11 is 0. The summed E-state index contributed by atoms with van der Waals surface area (Å²) in [6.45, 7) is 5.33. The van der Waals surface area contributed by atoms with E-state index in [1.54, 1.807) is 31.2 Å². The van der Waals surface area contributed by atoms with Crippen molar-refractivity contribution in [3.63, 3.8) is 0 Å². The second-order valence-electron chi connectivity index (χ2n) is 8.85. The summed E-state index contributed by atoms with van der Waals surface area (Å²) in [7, 11) is 2.92. The SMILES string of the molecule is C=Cc1cc(OC)c2c(c1)c(=O)oc1c2cc(OC)c2c(O)ccc(C3O[C@H](C)[C@H](O)[C@H](O)[C@H]3O)c21. The van der Waals surface area contributed by atoms with Crippen molar-refractivity contribution in [3.8, 4) is 17.2 Å². The molecule has 4 N–H and O–H groups in total. The second-order valence-corrected chi connectivity index (χ2v) is 8.85. The largest absolute Gasteiger partial charge is 0.507 e. The molecule has 188 valence electrons. The van der Waals surface area contributed by atoms with E-state index < -0.39 is 36.1 Å². The number of phenolic OH excluding ortho intramolecular Hbond substituents is 1. The molecule has 1 aromatic heterocycles. The first-order valence-electron chi connectivity index (χ1n) is 11.3. The Hall–Kier alpha value is -3.63. The lowest BCUT2D eigenvalue weighted by Crippen LogP contribution is -2.53. The zero-order valence-electron chi connectivity index (χ0n) is 19.9. The molecule has 3 aromatic carbocycles. The number of aromatic hydroxyl groups is 1. The van der Waals surface area contributed by atoms with Gasteiger partial charge in [0, 0.05) is 16.2 Å². The fraction of sp³-hybridized carbons (Fsp3) is 0.296. The van der Waals surface area contributed by atoms with Gasteiger partial charge < -0.3 is 39.1 Å². The molecule has 1 fully saturated rings. The molecule has 1 aliphatic rings. The molecule has 2 heterocycles. The first-order valence-corrected chi connectivity index (χ1v) is 11.3. The number of hydrogen-bond donors (Lipinski definition) is 4. The monoisotopic (exact) mass is 494 g/mol. The van der Waals surface area contributed by atoms with E-state index in [4.69, 9.17) is 18.6 Å². The minimum Gasteiger partial charge on any atom is -0.507 e. The second kappa shape index (κ2) is 8.79. The topological polar surface area (TPSA) is 139 Å². The van der Waals surface area contributed by atoms with Gasteiger partial charge in [0.1, 0.15) is 47.2 Å². The molecule has 5 atom stereocenters. The molecule has 36 heavy (non-hydrogen) atoms. The summed E-state index contributed by atoms with van der Waals surface area (Å²) in [5.41, 5.74) is 0.468. The first-order chi connectivity index (χ1) is 17.2. The highest BCUT2D eigenvalue weighted by molar-refractivity contribution is 6.19. The fourth-order valence-electron chi connectivity index (χ4n) is 5.01. The van der Waals surface area contributed by atoms with Crippen LogP contribution in [0.1, 0.15) is 24.2 Å². The number of aliphatic hydroxyl groups excluding tert-OH is 3. The van der Waals surface area contributed by atoms with Crippen molar-refractivity contribution >= 4 is 38.6 Å². The third-order valence-electron chi connectivity index (χ3n) is 6.85. The third-order valence-corrected chi connectivity index (χ3v) is 6.85. The van der Waals surface area contributed by atoms with Crippen molar-refractivity contribution < 1.29 is 39.1 Å². The van der Waals surface area contributed by atoms with Crippen LogP contribution in [0.25, 0.3) is 38.6 Å². The van der Waals surface area contributed by atoms with Gasteiger partial charge in [-0.2, -0.15) is 0 Å². The average molecular weight is 494 g/mol. The number of aliphatic hydroxyl groups is 3. The lowest BCUT2D eigenvalue weighted by molar-refractivity contribution is -0.219. The van der Waals surface area contributed by atoms with E-state index in [2.05, 4.69) is 6.58 Å². The number of phenols is 1. The van der Waals surface area contributed by atoms with E-state index in [9.17, 15) is 25.2 Å². The maximum Gasteiger partial charge on any atom is 0.344 e. The molecule has 1 aliphatic heterocycles. The zero-order chi connectivity index (χ0) is 25.9. The van der Waals surface area contributed by atoms with Crippen molar-refractivity contribution in [1.29, 1.82) is 0 Å². The summed E-state index contributed by atoms with van der Waals surface area (Å²) in [5, 5.41) is 43.9. The van der Waals surface area contributed by atoms with E-state index in [0.29, 0.717) is 27.6 Å². The van der Waals surface area contributed by atoms with Crippen molar-refractivity contribution in [2.24, 2.45) is 0 Å². The Kier molecular flexibility index (Phi) is 5.88. The minimum absolute atomic E-state index is 0.114. The van der Waals surface area contributed by atoms with Gasteiger partial charge in [0.2, 0.25) is 0 Å². The van der Waals surface area contributed by atoms with E-state index in [-0.39, 0.29) is 33.2 Å². The minimum atomic E-state index is -1.50. The van der Waals surface area contributed by atoms with Crippen LogP contribution < -0.4 is 15.1 Å². The highest BCUT2D eigenvalue weighted by Gasteiger charge is 2.43. The van der Waals surface area contributed by atoms with Crippen molar-refractivity contribution in [2.45, 2.75) is 37.4 Å². The smallest absolute Gasteiger partial charge is 0.344 e. The summed E-state index contributed by atoms with van der Waals surface area (Å²) in [6.07, 6.45) is -4.60. The van der Waals surface area contributed by atoms with E-state index in [1.165, 1.54) is 26.4 Å². The molecule has 0 bridgehead atoms. The lowest BCUT2D eigenvalue weighted by Gasteiger charge is -2.40. The van der Waals surface area contributed by atoms with Gasteiger partial charge in [-0.3, -0.25) is 0 Å². The molecule has 0 spiro atoms. The quantitative estimate of drug-likeness (QED) is 0.249. The van der Waals surface area contributed by atoms with Gasteiger partial charge in [-0.1, -0.05) is 18.7 Å². The fourth-order valence-corrected chi connectivity index (χ4v) is 5.01. The number of ether oxygens (including phenoxy) is 3. The normalized spacial score (nSPS) is 24.3. The van der Waals surface area contributed by atoms with E-state index >= 15 is 0 Å². The van der Waals surface area contributed by atoms with Crippen molar-refractivity contribution in [2.75, 3.05) is 14.2 Å². The third kappa shape index (κ3) is 3.43. The van der Waals surface area contributed by atoms with Crippen LogP contribution in [0.2, 0.25) is 0 Å². The van der Waals surface area contributed by atoms with Crippen LogP contribution in [0.3, 0.4) is 0 Å². The molecule has 0 radical (unpaired) electrons. The number of methoxy groups -OCH3 is 2. The van der Waals surface area contributed by atoms with Crippen LogP contribution >= 0.6 is 0 Å². The van der Waals surface area contributed by atoms with Gasteiger partial charge >= 0.3 is 5.63 Å². The van der Waals surface area contributed by atoms with Crippen molar-refractivity contribution in [1.82, 2.24) is 0 Å². The highest BCUT2D eigenvalue weighted by atomic mass is 16.5. The summed E-state index contributed by atoms with van der Waals surface area (Å²) in [4.78, 5) is 13.2. The molecule has 0 saturated carbocycles. The Morgan fingerprint density at radius 3 is 2.28 bits per heavy atom. The van der Waals surface area contributed by atoms with Gasteiger partial charge in [-0.05, 0) is 42.3 Å². The Morgan fingerprint density at radius 1 is 0.917 bits per heavy atom. The predicted molar refractivity (Wildman–Crippen MR) is 134 cm³/mol. The maximum atomic E-state index is 13.2. The molecular weight excluding hydrogens is 468 g/mol. The number of hydrogen-bond acceptors (Lipinski definition) is 9. The molecule has 5 rings (SSSR count). The molecule has 4 aromatic rings. The lowest BCUT2D eigenvalue weighted by atomic mass is 9.88. The number of rotatable bonds is 4. The van der Waals surface area contributed by atoms with Gasteiger partial charge in [0.15, 0.2) is 0 Å². The molecule has 1 unspecified atom stereocenters.